The molecule has 1 aromatic carbocycles. The number of fused-ring (bicyclic) bond motifs is 1. The lowest BCUT2D eigenvalue weighted by atomic mass is 10.3. The first kappa shape index (κ1) is 21.1. The molecule has 3 heterocycles. The van der Waals surface area contributed by atoms with E-state index < -0.39 is 5.97 Å². The van der Waals surface area contributed by atoms with Gasteiger partial charge in [-0.1, -0.05) is 30.4 Å². The number of anilines is 4. The van der Waals surface area contributed by atoms with Gasteiger partial charge in [0, 0.05) is 11.9 Å². The van der Waals surface area contributed by atoms with E-state index in [2.05, 4.69) is 32.4 Å². The van der Waals surface area contributed by atoms with Gasteiger partial charge in [0.2, 0.25) is 0 Å². The molecule has 10 heteroatoms. The molecule has 0 spiro atoms. The van der Waals surface area contributed by atoms with Gasteiger partial charge in [-0.3, -0.25) is 0 Å². The maximum Gasteiger partial charge on any atom is 0.357 e. The molecule has 0 aliphatic rings. The van der Waals surface area contributed by atoms with Gasteiger partial charge in [-0.2, -0.15) is 0 Å². The first-order chi connectivity index (χ1) is 15.1. The fraction of sp³-hybridized carbons (Fsp3) is 0.286. The number of ether oxygens (including phenoxy) is 1. The normalized spacial score (nSPS) is 10.9. The summed E-state index contributed by atoms with van der Waals surface area (Å²) in [6.45, 7) is 6.85. The Bertz CT molecular complexity index is 1170. The topological polar surface area (TPSA) is 93.1 Å². The second-order valence-electron chi connectivity index (χ2n) is 6.73. The van der Waals surface area contributed by atoms with Gasteiger partial charge in [0.15, 0.2) is 27.6 Å². The number of hydrogen-bond acceptors (Lipinski definition) is 10. The molecule has 160 valence electrons. The molecule has 0 fully saturated rings. The van der Waals surface area contributed by atoms with Gasteiger partial charge in [0.05, 0.1) is 16.8 Å². The summed E-state index contributed by atoms with van der Waals surface area (Å²) in [5.74, 6) is 0.920. The number of hydrogen-bond donors (Lipinski definition) is 1. The fourth-order valence-electron chi connectivity index (χ4n) is 2.97. The number of carbonyl (C=O) groups excluding carboxylic acids is 1. The quantitative estimate of drug-likeness (QED) is 0.358. The number of thiazole rings is 2. The summed E-state index contributed by atoms with van der Waals surface area (Å²) in [5, 5.41) is 15.2. The Morgan fingerprint density at radius 1 is 1.19 bits per heavy atom. The highest BCUT2D eigenvalue weighted by Crippen LogP contribution is 2.31. The van der Waals surface area contributed by atoms with Crippen LogP contribution in [0.2, 0.25) is 0 Å². The molecule has 4 aromatic rings. The largest absolute Gasteiger partial charge is 0.461 e. The van der Waals surface area contributed by atoms with E-state index in [4.69, 9.17) is 4.74 Å². The van der Waals surface area contributed by atoms with E-state index in [1.54, 1.807) is 23.6 Å². The SMILES string of the molecule is CCCN(c1cc(C)c(Nc2nc3ccccc3s2)nn1)c1nc(C(=O)OCC)cs1. The van der Waals surface area contributed by atoms with Gasteiger partial charge in [-0.05, 0) is 44.0 Å². The van der Waals surface area contributed by atoms with E-state index in [1.807, 2.05) is 42.2 Å². The van der Waals surface area contributed by atoms with E-state index >= 15 is 0 Å². The number of nitrogens with one attached hydrogen (secondary N) is 1. The van der Waals surface area contributed by atoms with E-state index in [0.717, 1.165) is 27.3 Å². The van der Waals surface area contributed by atoms with E-state index in [9.17, 15) is 4.79 Å². The van der Waals surface area contributed by atoms with Gasteiger partial charge in [0.1, 0.15) is 0 Å². The number of aromatic nitrogens is 4. The number of para-hydroxylation sites is 1. The summed E-state index contributed by atoms with van der Waals surface area (Å²) in [6.07, 6.45) is 0.890. The average Bonchev–Trinajstić information content (AvgIpc) is 3.40. The van der Waals surface area contributed by atoms with E-state index in [1.165, 1.54) is 11.3 Å². The zero-order valence-corrected chi connectivity index (χ0v) is 19.1. The van der Waals surface area contributed by atoms with Crippen molar-refractivity contribution in [2.75, 3.05) is 23.4 Å². The van der Waals surface area contributed by atoms with Crippen LogP contribution in [0.25, 0.3) is 10.2 Å². The van der Waals surface area contributed by atoms with Crippen LogP contribution in [0.3, 0.4) is 0 Å². The predicted octanol–water partition coefficient (Wildman–Crippen LogP) is 5.32. The molecule has 0 aliphatic heterocycles. The second kappa shape index (κ2) is 9.36. The van der Waals surface area contributed by atoms with Crippen molar-refractivity contribution in [3.8, 4) is 0 Å². The smallest absolute Gasteiger partial charge is 0.357 e. The van der Waals surface area contributed by atoms with Gasteiger partial charge in [-0.25, -0.2) is 14.8 Å². The molecule has 3 aromatic heterocycles. The highest BCUT2D eigenvalue weighted by Gasteiger charge is 2.19. The summed E-state index contributed by atoms with van der Waals surface area (Å²) < 4.78 is 6.16. The Kier molecular flexibility index (Phi) is 6.38. The van der Waals surface area contributed by atoms with Crippen molar-refractivity contribution < 1.29 is 9.53 Å². The number of aryl methyl sites for hydroxylation is 1. The third-order valence-electron chi connectivity index (χ3n) is 4.42. The zero-order chi connectivity index (χ0) is 21.8. The third kappa shape index (κ3) is 4.64. The summed E-state index contributed by atoms with van der Waals surface area (Å²) >= 11 is 2.96. The number of rotatable bonds is 8. The highest BCUT2D eigenvalue weighted by atomic mass is 32.1. The molecule has 0 amide bonds. The van der Waals surface area contributed by atoms with Gasteiger partial charge in [0.25, 0.3) is 0 Å². The molecule has 0 radical (unpaired) electrons. The van der Waals surface area contributed by atoms with Crippen molar-refractivity contribution in [3.05, 3.63) is 47.0 Å². The van der Waals surface area contributed by atoms with Crippen LogP contribution in [0, 0.1) is 6.92 Å². The Hall–Kier alpha value is -3.11. The summed E-state index contributed by atoms with van der Waals surface area (Å²) in [6, 6.07) is 9.96. The molecular weight excluding hydrogens is 432 g/mol. The van der Waals surface area contributed by atoms with Crippen molar-refractivity contribution in [2.45, 2.75) is 27.2 Å². The molecule has 8 nitrogen and oxygen atoms in total. The maximum absolute atomic E-state index is 12.0. The molecule has 0 bridgehead atoms. The lowest BCUT2D eigenvalue weighted by molar-refractivity contribution is 0.0520. The first-order valence-corrected chi connectivity index (χ1v) is 11.7. The van der Waals surface area contributed by atoms with Crippen LogP contribution in [0.1, 0.15) is 36.3 Å². The zero-order valence-electron chi connectivity index (χ0n) is 17.5. The van der Waals surface area contributed by atoms with Crippen LogP contribution in [0.5, 0.6) is 0 Å². The van der Waals surface area contributed by atoms with Crippen LogP contribution < -0.4 is 10.2 Å². The Morgan fingerprint density at radius 3 is 2.77 bits per heavy atom. The van der Waals surface area contributed by atoms with Crippen molar-refractivity contribution in [1.82, 2.24) is 20.2 Å². The van der Waals surface area contributed by atoms with E-state index in [-0.39, 0.29) is 0 Å². The Balaban J connectivity index is 1.57. The summed E-state index contributed by atoms with van der Waals surface area (Å²) in [5.41, 5.74) is 2.20. The summed E-state index contributed by atoms with van der Waals surface area (Å²) in [7, 11) is 0. The molecule has 4 rings (SSSR count). The number of esters is 1. The Morgan fingerprint density at radius 2 is 2.03 bits per heavy atom. The third-order valence-corrected chi connectivity index (χ3v) is 6.24. The lowest BCUT2D eigenvalue weighted by Gasteiger charge is -2.20. The average molecular weight is 455 g/mol. The van der Waals surface area contributed by atoms with Crippen LogP contribution in [0.15, 0.2) is 35.7 Å². The number of benzene rings is 1. The molecule has 0 unspecified atom stereocenters. The van der Waals surface area contributed by atoms with Gasteiger partial charge >= 0.3 is 5.97 Å². The molecule has 31 heavy (non-hydrogen) atoms. The minimum atomic E-state index is -0.418. The first-order valence-electron chi connectivity index (χ1n) is 9.96. The second-order valence-corrected chi connectivity index (χ2v) is 8.60. The molecule has 0 atom stereocenters. The molecule has 0 saturated heterocycles. The van der Waals surface area contributed by atoms with Crippen molar-refractivity contribution >= 4 is 60.8 Å². The summed E-state index contributed by atoms with van der Waals surface area (Å²) in [4.78, 5) is 23.0. The Labute approximate surface area is 187 Å². The minimum Gasteiger partial charge on any atom is -0.461 e. The van der Waals surface area contributed by atoms with Crippen molar-refractivity contribution in [1.29, 1.82) is 0 Å². The fourth-order valence-corrected chi connectivity index (χ4v) is 4.67. The minimum absolute atomic E-state index is 0.307. The van der Waals surface area contributed by atoms with Crippen LogP contribution in [-0.4, -0.2) is 39.3 Å². The standard InChI is InChI=1S/C21H22N6O2S2/c1-4-10-27(21-23-15(12-30-21)19(28)29-5-2)17-11-13(3)18(26-25-17)24-20-22-14-8-6-7-9-16(14)31-20/h6-9,11-12H,4-5,10H2,1-3H3,(H,22,24,26). The number of nitrogens with zero attached hydrogens (tertiary/aromatic N) is 5. The maximum atomic E-state index is 12.0. The van der Waals surface area contributed by atoms with Crippen molar-refractivity contribution in [2.24, 2.45) is 0 Å². The van der Waals surface area contributed by atoms with Crippen LogP contribution >= 0.6 is 22.7 Å². The van der Waals surface area contributed by atoms with Gasteiger partial charge < -0.3 is 15.0 Å². The lowest BCUT2D eigenvalue weighted by Crippen LogP contribution is -2.20. The molecule has 0 saturated carbocycles. The predicted molar refractivity (Wildman–Crippen MR) is 125 cm³/mol. The number of carbonyl (C=O) groups is 1. The van der Waals surface area contributed by atoms with Crippen molar-refractivity contribution in [3.63, 3.8) is 0 Å². The van der Waals surface area contributed by atoms with Gasteiger partial charge in [-0.15, -0.1) is 21.5 Å². The highest BCUT2D eigenvalue weighted by molar-refractivity contribution is 7.22. The monoisotopic (exact) mass is 454 g/mol. The van der Waals surface area contributed by atoms with E-state index in [0.29, 0.717) is 35.6 Å². The van der Waals surface area contributed by atoms with Crippen LogP contribution in [0.4, 0.5) is 21.9 Å². The molecular formula is C21H22N6O2S2. The molecule has 1 N–H and O–H groups in total. The molecule has 0 aliphatic carbocycles. The van der Waals surface area contributed by atoms with Crippen LogP contribution in [-0.2, 0) is 4.74 Å².